The van der Waals surface area contributed by atoms with E-state index in [0.29, 0.717) is 6.42 Å². The van der Waals surface area contributed by atoms with Crippen LogP contribution in [0.4, 0.5) is 0 Å². The molecule has 0 aliphatic rings. The van der Waals surface area contributed by atoms with Gasteiger partial charge in [0.25, 0.3) is 0 Å². The minimum absolute atomic E-state index is 0.177. The van der Waals surface area contributed by atoms with Gasteiger partial charge >= 0.3 is 0 Å². The predicted molar refractivity (Wildman–Crippen MR) is 75.1 cm³/mol. The molecule has 0 aromatic heterocycles. The number of hydrogen-bond acceptors (Lipinski definition) is 7. The van der Waals surface area contributed by atoms with Gasteiger partial charge in [-0.1, -0.05) is 51.9 Å². The van der Waals surface area contributed by atoms with Gasteiger partial charge in [0.1, 0.15) is 6.29 Å². The first kappa shape index (κ1) is 21.6. The molecule has 0 aliphatic heterocycles. The van der Waals surface area contributed by atoms with Gasteiger partial charge in [-0.05, 0) is 6.42 Å². The van der Waals surface area contributed by atoms with Crippen molar-refractivity contribution in [2.45, 2.75) is 58.3 Å². The molecule has 0 aliphatic carbocycles. The van der Waals surface area contributed by atoms with Gasteiger partial charge in [0.15, 0.2) is 0 Å². The van der Waals surface area contributed by atoms with Crippen molar-refractivity contribution in [3.05, 3.63) is 0 Å². The smallest absolute Gasteiger partial charge is 0.131 e. The number of nitrogens with zero attached hydrogens (tertiary/aromatic N) is 1. The molecule has 0 radical (unpaired) electrons. The molecule has 0 aromatic carbocycles. The van der Waals surface area contributed by atoms with Crippen LogP contribution in [0.15, 0.2) is 0 Å². The summed E-state index contributed by atoms with van der Waals surface area (Å²) < 4.78 is 0. The summed E-state index contributed by atoms with van der Waals surface area (Å²) in [7, 11) is -9.43. The Kier molecular flexibility index (Phi) is 11.5. The largest absolute Gasteiger partial charge is 0.687 e. The molecule has 0 aromatic rings. The van der Waals surface area contributed by atoms with E-state index in [1.165, 1.54) is 25.7 Å². The zero-order valence-electron chi connectivity index (χ0n) is 12.6. The van der Waals surface area contributed by atoms with E-state index in [9.17, 15) is 24.5 Å². The van der Waals surface area contributed by atoms with Crippen molar-refractivity contribution in [1.29, 1.82) is 0 Å². The molecule has 21 heavy (non-hydrogen) atoms. The van der Waals surface area contributed by atoms with E-state index >= 15 is 0 Å². The van der Waals surface area contributed by atoms with E-state index < -0.39 is 28.5 Å². The Hall–Kier alpha value is 0.580. The molecule has 128 valence electrons. The molecule has 0 rings (SSSR count). The molecular weight excluding hydrogens is 316 g/mol. The lowest BCUT2D eigenvalue weighted by Gasteiger charge is -2.46. The zero-order valence-corrected chi connectivity index (χ0v) is 14.4. The van der Waals surface area contributed by atoms with Crippen LogP contribution in [0.2, 0.25) is 0 Å². The molecule has 0 bridgehead atoms. The Morgan fingerprint density at radius 2 is 1.24 bits per heavy atom. The monoisotopic (exact) mass is 342 g/mol. The molecular formula is C12H26NO6P2-3. The lowest BCUT2D eigenvalue weighted by molar-refractivity contribution is -0.429. The van der Waals surface area contributed by atoms with Crippen molar-refractivity contribution in [1.82, 2.24) is 4.90 Å². The van der Waals surface area contributed by atoms with Crippen molar-refractivity contribution in [2.24, 2.45) is 0 Å². The quantitative estimate of drug-likeness (QED) is 0.323. The lowest BCUT2D eigenvalue weighted by atomic mass is 10.1. The molecule has 0 fully saturated rings. The van der Waals surface area contributed by atoms with Crippen LogP contribution in [0.3, 0.4) is 0 Å². The highest BCUT2D eigenvalue weighted by molar-refractivity contribution is 7.56. The van der Waals surface area contributed by atoms with Crippen LogP contribution in [0.25, 0.3) is 0 Å². The fourth-order valence-electron chi connectivity index (χ4n) is 2.15. The summed E-state index contributed by atoms with van der Waals surface area (Å²) in [6.45, 7) is 2.32. The predicted octanol–water partition coefficient (Wildman–Crippen LogP) is -1.34. The molecule has 9 heteroatoms. The third-order valence-electron chi connectivity index (χ3n) is 3.08. The molecule has 0 heterocycles. The van der Waals surface area contributed by atoms with Gasteiger partial charge in [0.05, 0.1) is 14.2 Å². The van der Waals surface area contributed by atoms with E-state index in [1.807, 2.05) is 0 Å². The average molecular weight is 342 g/mol. The normalized spacial score (nSPS) is 13.1. The van der Waals surface area contributed by atoms with Gasteiger partial charge in [0.2, 0.25) is 0 Å². The van der Waals surface area contributed by atoms with E-state index in [2.05, 4.69) is 6.92 Å². The van der Waals surface area contributed by atoms with Crippen LogP contribution in [0, 0.1) is 0 Å². The molecule has 0 saturated carbocycles. The number of unbranched alkanes of at least 4 members (excludes halogenated alkanes) is 7. The summed E-state index contributed by atoms with van der Waals surface area (Å²) in [4.78, 5) is 63.5. The van der Waals surface area contributed by atoms with Gasteiger partial charge < -0.3 is 24.5 Å². The third kappa shape index (κ3) is 16.8. The van der Waals surface area contributed by atoms with Crippen LogP contribution >= 0.6 is 15.9 Å². The lowest BCUT2D eigenvalue weighted by Crippen LogP contribution is -2.44. The summed E-state index contributed by atoms with van der Waals surface area (Å²) in [6.07, 6.45) is 6.69. The van der Waals surface area contributed by atoms with Crippen LogP contribution < -0.4 is 24.5 Å². The Balaban J connectivity index is 3.86. The molecule has 0 spiro atoms. The Labute approximate surface area is 128 Å². The molecule has 1 N–H and O–H groups in total. The Morgan fingerprint density at radius 3 is 1.67 bits per heavy atom. The second kappa shape index (κ2) is 11.2. The van der Waals surface area contributed by atoms with Crippen molar-refractivity contribution < 1.29 is 29.4 Å². The van der Waals surface area contributed by atoms with Crippen molar-refractivity contribution >= 4 is 15.9 Å². The first-order valence-corrected chi connectivity index (χ1v) is 10.9. The second-order valence-electron chi connectivity index (χ2n) is 5.40. The molecule has 0 amide bonds. The van der Waals surface area contributed by atoms with Gasteiger partial charge in [-0.25, -0.2) is 4.90 Å². The summed E-state index contributed by atoms with van der Waals surface area (Å²) in [5.41, 5.74) is 0. The van der Waals surface area contributed by atoms with Crippen LogP contribution in [0.5, 0.6) is 0 Å². The summed E-state index contributed by atoms with van der Waals surface area (Å²) in [5, 5.41) is 0. The highest BCUT2D eigenvalue weighted by Gasteiger charge is 2.18. The number of rotatable bonds is 13. The molecule has 0 atom stereocenters. The summed E-state index contributed by atoms with van der Waals surface area (Å²) in [5.74, 6) is 0. The molecule has 7 nitrogen and oxygen atoms in total. The van der Waals surface area contributed by atoms with Crippen molar-refractivity contribution in [3.8, 4) is 0 Å². The fourth-order valence-corrected chi connectivity index (χ4v) is 3.79. The minimum Gasteiger partial charge on any atom is -0.687 e. The van der Waals surface area contributed by atoms with Gasteiger partial charge in [0, 0.05) is 6.54 Å². The second-order valence-corrected chi connectivity index (χ2v) is 8.46. The maximum Gasteiger partial charge on any atom is 0.131 e. The van der Waals surface area contributed by atoms with E-state index in [1.54, 1.807) is 0 Å². The third-order valence-corrected chi connectivity index (χ3v) is 4.58. The summed E-state index contributed by atoms with van der Waals surface area (Å²) >= 11 is 0. The van der Waals surface area contributed by atoms with E-state index in [0.717, 1.165) is 24.2 Å². The maximum absolute atomic E-state index is 10.8. The Bertz CT molecular complexity index is 241. The Morgan fingerprint density at radius 1 is 0.762 bits per heavy atom. The van der Waals surface area contributed by atoms with Crippen molar-refractivity contribution in [3.63, 3.8) is 0 Å². The van der Waals surface area contributed by atoms with E-state index in [4.69, 9.17) is 4.89 Å². The molecule has 0 unspecified atom stereocenters. The molecule has 0 saturated heterocycles. The SMILES string of the molecule is CCCCCCCCCCN(C[P+]([O-])([O-])[O-])C[P+]([O-])([O-])O. The van der Waals surface area contributed by atoms with Gasteiger partial charge in [-0.3, -0.25) is 4.89 Å². The number of hydrogen-bond donors (Lipinski definition) is 1. The van der Waals surface area contributed by atoms with Crippen LogP contribution in [0.1, 0.15) is 58.3 Å². The highest BCUT2D eigenvalue weighted by Crippen LogP contribution is 2.38. The average Bonchev–Trinajstić information content (AvgIpc) is 2.28. The topological polar surface area (TPSA) is 139 Å². The fraction of sp³-hybridized carbons (Fsp3) is 1.00. The van der Waals surface area contributed by atoms with Crippen LogP contribution in [-0.4, -0.2) is 28.9 Å². The first-order valence-electron chi connectivity index (χ1n) is 7.40. The zero-order chi connectivity index (χ0) is 16.4. The maximum atomic E-state index is 10.8. The summed E-state index contributed by atoms with van der Waals surface area (Å²) in [6, 6.07) is 0. The van der Waals surface area contributed by atoms with E-state index in [-0.39, 0.29) is 6.54 Å². The standard InChI is InChI=1S/C12H29NO6P2/c1-2-3-4-5-6-7-8-9-10-13(11-20(14,15)16)12-21(17,18)19/h2-12H2,1H3,(H2,14,15,16)(H2,17,18,19)/p-3. The van der Waals surface area contributed by atoms with Gasteiger partial charge in [-0.2, -0.15) is 0 Å². The first-order chi connectivity index (χ1) is 9.64. The van der Waals surface area contributed by atoms with Crippen molar-refractivity contribution in [2.75, 3.05) is 19.1 Å². The minimum atomic E-state index is -4.83. The van der Waals surface area contributed by atoms with Gasteiger partial charge in [-0.15, -0.1) is 7.94 Å². The van der Waals surface area contributed by atoms with Crippen LogP contribution in [-0.2, 0) is 0 Å². The highest BCUT2D eigenvalue weighted by atomic mass is 31.2.